The van der Waals surface area contributed by atoms with E-state index < -0.39 is 40.5 Å². The average molecular weight is 427 g/mol. The monoisotopic (exact) mass is 426 g/mol. The Morgan fingerprint density at radius 2 is 1.72 bits per heavy atom. The zero-order chi connectivity index (χ0) is 21.5. The quantitative estimate of drug-likeness (QED) is 0.437. The number of aromatic nitrogens is 2. The highest BCUT2D eigenvalue weighted by atomic mass is 35.5. The molecule has 0 saturated carbocycles. The van der Waals surface area contributed by atoms with Gasteiger partial charge in [-0.2, -0.15) is 13.2 Å². The van der Waals surface area contributed by atoms with Crippen molar-refractivity contribution in [2.75, 3.05) is 0 Å². The van der Waals surface area contributed by atoms with Crippen molar-refractivity contribution >= 4 is 17.4 Å². The SMILES string of the molecule is Cc1cc(C(=O)Cn2cc(C(F)(F)F)cc(Cl)c2=O)c(C)n1-c1ccc(F)cc1. The van der Waals surface area contributed by atoms with Crippen molar-refractivity contribution in [3.63, 3.8) is 0 Å². The van der Waals surface area contributed by atoms with Crippen LogP contribution in [0.15, 0.2) is 47.4 Å². The molecule has 0 fully saturated rings. The standard InChI is InChI=1S/C20H15ClF4N2O2/c1-11-7-16(12(2)27(11)15-5-3-14(22)4-6-15)18(28)10-26-9-13(20(23,24)25)8-17(21)19(26)29/h3-9H,10H2,1-2H3. The number of alkyl halides is 3. The minimum atomic E-state index is -4.71. The third-order valence-corrected chi connectivity index (χ3v) is 4.77. The molecule has 0 bridgehead atoms. The van der Waals surface area contributed by atoms with Crippen LogP contribution in [0, 0.1) is 19.7 Å². The maximum atomic E-state index is 13.2. The summed E-state index contributed by atoms with van der Waals surface area (Å²) in [5, 5.41) is -0.621. The van der Waals surface area contributed by atoms with Crippen LogP contribution in [0.4, 0.5) is 17.6 Å². The normalized spacial score (nSPS) is 11.7. The van der Waals surface area contributed by atoms with E-state index in [9.17, 15) is 27.2 Å². The van der Waals surface area contributed by atoms with E-state index in [-0.39, 0.29) is 5.56 Å². The molecular weight excluding hydrogens is 412 g/mol. The second-order valence-electron chi connectivity index (χ2n) is 6.53. The van der Waals surface area contributed by atoms with Gasteiger partial charge in [-0.25, -0.2) is 4.39 Å². The van der Waals surface area contributed by atoms with Gasteiger partial charge in [-0.15, -0.1) is 0 Å². The molecule has 0 N–H and O–H groups in total. The van der Waals surface area contributed by atoms with Gasteiger partial charge in [0.1, 0.15) is 10.8 Å². The van der Waals surface area contributed by atoms with Crippen molar-refractivity contribution in [2.45, 2.75) is 26.6 Å². The molecule has 9 heteroatoms. The average Bonchev–Trinajstić information content (AvgIpc) is 2.93. The van der Waals surface area contributed by atoms with Crippen LogP contribution in [0.1, 0.15) is 27.3 Å². The summed E-state index contributed by atoms with van der Waals surface area (Å²) >= 11 is 5.63. The highest BCUT2D eigenvalue weighted by Gasteiger charge is 2.32. The van der Waals surface area contributed by atoms with E-state index in [1.165, 1.54) is 12.1 Å². The number of hydrogen-bond acceptors (Lipinski definition) is 2. The molecule has 0 saturated heterocycles. The third-order valence-electron chi connectivity index (χ3n) is 4.50. The number of hydrogen-bond donors (Lipinski definition) is 0. The molecule has 0 aliphatic heterocycles. The first kappa shape index (κ1) is 20.9. The predicted molar refractivity (Wildman–Crippen MR) is 100 cm³/mol. The molecule has 1 aromatic carbocycles. The van der Waals surface area contributed by atoms with E-state index in [4.69, 9.17) is 11.6 Å². The summed E-state index contributed by atoms with van der Waals surface area (Å²) in [6.45, 7) is 2.79. The molecule has 0 spiro atoms. The van der Waals surface area contributed by atoms with E-state index >= 15 is 0 Å². The molecule has 152 valence electrons. The van der Waals surface area contributed by atoms with E-state index in [1.54, 1.807) is 36.6 Å². The molecule has 3 rings (SSSR count). The Morgan fingerprint density at radius 1 is 1.10 bits per heavy atom. The number of ketones is 1. The Kier molecular flexibility index (Phi) is 5.40. The van der Waals surface area contributed by atoms with Gasteiger partial charge < -0.3 is 9.13 Å². The molecule has 29 heavy (non-hydrogen) atoms. The van der Waals surface area contributed by atoms with Gasteiger partial charge in [0.2, 0.25) is 0 Å². The molecule has 4 nitrogen and oxygen atoms in total. The number of carbonyl (C=O) groups excluding carboxylic acids is 1. The molecule has 0 atom stereocenters. The highest BCUT2D eigenvalue weighted by Crippen LogP contribution is 2.30. The van der Waals surface area contributed by atoms with Crippen molar-refractivity contribution in [3.05, 3.63) is 86.3 Å². The fraction of sp³-hybridized carbons (Fsp3) is 0.200. The van der Waals surface area contributed by atoms with E-state index in [1.807, 2.05) is 0 Å². The van der Waals surface area contributed by atoms with Crippen molar-refractivity contribution in [2.24, 2.45) is 0 Å². The zero-order valence-corrected chi connectivity index (χ0v) is 16.1. The molecule has 0 unspecified atom stereocenters. The number of benzene rings is 1. The Labute approximate surface area is 168 Å². The minimum Gasteiger partial charge on any atom is -0.318 e. The number of nitrogens with zero attached hydrogens (tertiary/aromatic N) is 2. The van der Waals surface area contributed by atoms with Crippen LogP contribution in [-0.2, 0) is 12.7 Å². The van der Waals surface area contributed by atoms with Gasteiger partial charge in [-0.05, 0) is 50.2 Å². The second-order valence-corrected chi connectivity index (χ2v) is 6.93. The van der Waals surface area contributed by atoms with Gasteiger partial charge in [0.25, 0.3) is 5.56 Å². The summed E-state index contributed by atoms with van der Waals surface area (Å²) in [5.74, 6) is -0.961. The Balaban J connectivity index is 1.99. The summed E-state index contributed by atoms with van der Waals surface area (Å²) in [5.41, 5.74) is 0.0520. The smallest absolute Gasteiger partial charge is 0.318 e. The first-order chi connectivity index (χ1) is 13.5. The highest BCUT2D eigenvalue weighted by molar-refractivity contribution is 6.30. The van der Waals surface area contributed by atoms with Gasteiger partial charge in [0.15, 0.2) is 5.78 Å². The van der Waals surface area contributed by atoms with Gasteiger partial charge in [-0.3, -0.25) is 9.59 Å². The van der Waals surface area contributed by atoms with Gasteiger partial charge in [0, 0.05) is 28.8 Å². The molecule has 2 aromatic heterocycles. The van der Waals surface area contributed by atoms with Gasteiger partial charge >= 0.3 is 6.18 Å². The van der Waals surface area contributed by atoms with E-state index in [0.29, 0.717) is 33.9 Å². The molecule has 0 amide bonds. The Morgan fingerprint density at radius 3 is 2.31 bits per heavy atom. The lowest BCUT2D eigenvalue weighted by Crippen LogP contribution is -2.26. The third kappa shape index (κ3) is 4.12. The van der Waals surface area contributed by atoms with Crippen LogP contribution >= 0.6 is 11.6 Å². The van der Waals surface area contributed by atoms with Gasteiger partial charge in [-0.1, -0.05) is 11.6 Å². The molecule has 0 aliphatic carbocycles. The van der Waals surface area contributed by atoms with Crippen molar-refractivity contribution < 1.29 is 22.4 Å². The number of carbonyl (C=O) groups is 1. The first-order valence-corrected chi connectivity index (χ1v) is 8.82. The number of aryl methyl sites for hydroxylation is 1. The van der Waals surface area contributed by atoms with E-state index in [2.05, 4.69) is 0 Å². The number of pyridine rings is 1. The Hall–Kier alpha value is -2.87. The maximum absolute atomic E-state index is 13.2. The summed E-state index contributed by atoms with van der Waals surface area (Å²) < 4.78 is 54.5. The van der Waals surface area contributed by atoms with Crippen LogP contribution in [0.25, 0.3) is 5.69 Å². The van der Waals surface area contributed by atoms with Crippen LogP contribution in [0.3, 0.4) is 0 Å². The molecule has 0 radical (unpaired) electrons. The van der Waals surface area contributed by atoms with Crippen LogP contribution < -0.4 is 5.56 Å². The summed E-state index contributed by atoms with van der Waals surface area (Å²) in [6, 6.07) is 7.74. The molecule has 0 aliphatic rings. The fourth-order valence-corrected chi connectivity index (χ4v) is 3.37. The molecule has 2 heterocycles. The predicted octanol–water partition coefficient (Wildman–Crippen LogP) is 4.95. The number of Topliss-reactive ketones (excluding diaryl/α,β-unsaturated/α-hetero) is 1. The lowest BCUT2D eigenvalue weighted by Gasteiger charge is -2.12. The molecule has 3 aromatic rings. The van der Waals surface area contributed by atoms with Crippen LogP contribution in [0.5, 0.6) is 0 Å². The van der Waals surface area contributed by atoms with Crippen molar-refractivity contribution in [1.29, 1.82) is 0 Å². The first-order valence-electron chi connectivity index (χ1n) is 8.44. The number of rotatable bonds is 4. The lowest BCUT2D eigenvalue weighted by molar-refractivity contribution is -0.138. The largest absolute Gasteiger partial charge is 0.417 e. The Bertz CT molecular complexity index is 1150. The van der Waals surface area contributed by atoms with Crippen molar-refractivity contribution in [3.8, 4) is 5.69 Å². The zero-order valence-electron chi connectivity index (χ0n) is 15.3. The number of halogens is 5. The maximum Gasteiger partial charge on any atom is 0.417 e. The topological polar surface area (TPSA) is 44.0 Å². The molecular formula is C20H15ClF4N2O2. The second kappa shape index (κ2) is 7.51. The lowest BCUT2D eigenvalue weighted by atomic mass is 10.1. The minimum absolute atomic E-state index is 0.243. The van der Waals surface area contributed by atoms with E-state index in [0.717, 1.165) is 0 Å². The van der Waals surface area contributed by atoms with Crippen LogP contribution in [0.2, 0.25) is 5.02 Å². The fourth-order valence-electron chi connectivity index (χ4n) is 3.14. The van der Waals surface area contributed by atoms with Crippen molar-refractivity contribution in [1.82, 2.24) is 9.13 Å². The summed E-state index contributed by atoms with van der Waals surface area (Å²) in [6.07, 6.45) is -4.13. The van der Waals surface area contributed by atoms with Crippen LogP contribution in [-0.4, -0.2) is 14.9 Å². The summed E-state index contributed by atoms with van der Waals surface area (Å²) in [7, 11) is 0. The summed E-state index contributed by atoms with van der Waals surface area (Å²) in [4.78, 5) is 24.8. The van der Waals surface area contributed by atoms with Gasteiger partial charge in [0.05, 0.1) is 12.1 Å².